The second-order valence-corrected chi connectivity index (χ2v) is 7.66. The fourth-order valence-electron chi connectivity index (χ4n) is 4.09. The molecule has 0 saturated carbocycles. The van der Waals surface area contributed by atoms with Crippen molar-refractivity contribution in [2.24, 2.45) is 5.92 Å². The zero-order valence-electron chi connectivity index (χ0n) is 16.4. The third kappa shape index (κ3) is 4.28. The lowest BCUT2D eigenvalue weighted by Crippen LogP contribution is -2.45. The predicted molar refractivity (Wildman–Crippen MR) is 107 cm³/mol. The zero-order chi connectivity index (χ0) is 18.6. The summed E-state index contributed by atoms with van der Waals surface area (Å²) in [5.74, 6) is 2.49. The summed E-state index contributed by atoms with van der Waals surface area (Å²) in [6.45, 7) is 11.4. The van der Waals surface area contributed by atoms with Crippen molar-refractivity contribution in [2.45, 2.75) is 26.7 Å². The maximum Gasteiger partial charge on any atom is 0.180 e. The van der Waals surface area contributed by atoms with Gasteiger partial charge in [-0.05, 0) is 44.7 Å². The van der Waals surface area contributed by atoms with Crippen LogP contribution in [-0.4, -0.2) is 65.8 Å². The Kier molecular flexibility index (Phi) is 5.64. The fourth-order valence-corrected chi connectivity index (χ4v) is 4.09. The summed E-state index contributed by atoms with van der Waals surface area (Å²) in [4.78, 5) is 19.1. The second-order valence-electron chi connectivity index (χ2n) is 7.66. The van der Waals surface area contributed by atoms with E-state index in [0.717, 1.165) is 69.0 Å². The molecule has 2 aromatic rings. The van der Waals surface area contributed by atoms with Crippen LogP contribution in [0.15, 0.2) is 24.4 Å². The molecule has 2 saturated heterocycles. The molecule has 0 N–H and O–H groups in total. The monoisotopic (exact) mass is 367 g/mol. The molecule has 2 aliphatic heterocycles. The van der Waals surface area contributed by atoms with Crippen LogP contribution in [0.2, 0.25) is 0 Å². The van der Waals surface area contributed by atoms with E-state index < -0.39 is 0 Å². The highest BCUT2D eigenvalue weighted by Gasteiger charge is 2.25. The summed E-state index contributed by atoms with van der Waals surface area (Å²) in [5, 5.41) is 0. The van der Waals surface area contributed by atoms with Crippen molar-refractivity contribution in [3.8, 4) is 11.5 Å². The van der Waals surface area contributed by atoms with Gasteiger partial charge in [0.2, 0.25) is 0 Å². The number of hydrogen-bond acceptors (Lipinski definition) is 6. The van der Waals surface area contributed by atoms with Gasteiger partial charge in [0.05, 0.1) is 13.2 Å². The highest BCUT2D eigenvalue weighted by atomic mass is 16.5. The lowest BCUT2D eigenvalue weighted by Gasteiger charge is -2.38. The number of nitrogens with zero attached hydrogens (tertiary/aromatic N) is 5. The summed E-state index contributed by atoms with van der Waals surface area (Å²) in [6, 6.07) is 5.89. The Hall–Kier alpha value is -2.05. The summed E-state index contributed by atoms with van der Waals surface area (Å²) in [7, 11) is 0. The Balaban J connectivity index is 1.53. The first-order valence-corrected chi connectivity index (χ1v) is 10.0. The van der Waals surface area contributed by atoms with Crippen LogP contribution in [0.3, 0.4) is 0 Å². The quantitative estimate of drug-likeness (QED) is 0.828. The summed E-state index contributed by atoms with van der Waals surface area (Å²) < 4.78 is 5.49. The Morgan fingerprint density at radius 2 is 1.96 bits per heavy atom. The molecule has 6 heteroatoms. The Morgan fingerprint density at radius 1 is 1.11 bits per heavy atom. The molecular formula is C21H29N5O. The summed E-state index contributed by atoms with van der Waals surface area (Å²) in [6.07, 6.45) is 4.31. The molecule has 1 unspecified atom stereocenters. The molecule has 144 valence electrons. The van der Waals surface area contributed by atoms with E-state index in [0.29, 0.717) is 5.92 Å². The first-order valence-electron chi connectivity index (χ1n) is 10.0. The van der Waals surface area contributed by atoms with Gasteiger partial charge in [0.1, 0.15) is 11.5 Å². The summed E-state index contributed by atoms with van der Waals surface area (Å²) >= 11 is 0. The number of ether oxygens (including phenoxy) is 1. The van der Waals surface area contributed by atoms with Gasteiger partial charge in [-0.15, -0.1) is 0 Å². The number of rotatable bonds is 4. The third-order valence-corrected chi connectivity index (χ3v) is 5.70. The number of hydrogen-bond donors (Lipinski definition) is 0. The van der Waals surface area contributed by atoms with Crippen LogP contribution in [-0.2, 0) is 4.74 Å². The van der Waals surface area contributed by atoms with Gasteiger partial charge in [0.15, 0.2) is 5.82 Å². The largest absolute Gasteiger partial charge is 0.379 e. The van der Waals surface area contributed by atoms with E-state index >= 15 is 0 Å². The van der Waals surface area contributed by atoms with E-state index in [1.54, 1.807) is 6.20 Å². The van der Waals surface area contributed by atoms with Crippen molar-refractivity contribution in [1.82, 2.24) is 19.9 Å². The van der Waals surface area contributed by atoms with Crippen LogP contribution in [0.25, 0.3) is 11.5 Å². The Morgan fingerprint density at radius 3 is 2.74 bits per heavy atom. The Labute approximate surface area is 161 Å². The minimum absolute atomic E-state index is 0.685. The van der Waals surface area contributed by atoms with Gasteiger partial charge in [-0.2, -0.15) is 0 Å². The van der Waals surface area contributed by atoms with E-state index in [4.69, 9.17) is 9.72 Å². The first kappa shape index (κ1) is 18.3. The number of aromatic nitrogens is 3. The van der Waals surface area contributed by atoms with Crippen molar-refractivity contribution in [1.29, 1.82) is 0 Å². The number of aryl methyl sites for hydroxylation is 1. The molecule has 0 radical (unpaired) electrons. The van der Waals surface area contributed by atoms with Crippen molar-refractivity contribution >= 4 is 5.82 Å². The van der Waals surface area contributed by atoms with Crippen LogP contribution in [0, 0.1) is 19.8 Å². The molecule has 4 rings (SSSR count). The van der Waals surface area contributed by atoms with Gasteiger partial charge in [-0.1, -0.05) is 6.07 Å². The topological polar surface area (TPSA) is 54.4 Å². The van der Waals surface area contributed by atoms with Gasteiger partial charge in [-0.3, -0.25) is 9.88 Å². The number of piperidine rings is 1. The van der Waals surface area contributed by atoms with Crippen LogP contribution in [0.4, 0.5) is 5.82 Å². The van der Waals surface area contributed by atoms with E-state index in [-0.39, 0.29) is 0 Å². The maximum absolute atomic E-state index is 5.49. The van der Waals surface area contributed by atoms with E-state index in [2.05, 4.69) is 33.6 Å². The zero-order valence-corrected chi connectivity index (χ0v) is 16.4. The highest BCUT2D eigenvalue weighted by molar-refractivity contribution is 5.57. The molecule has 0 spiro atoms. The molecule has 0 aromatic carbocycles. The van der Waals surface area contributed by atoms with Crippen molar-refractivity contribution < 1.29 is 4.74 Å². The smallest absolute Gasteiger partial charge is 0.180 e. The average molecular weight is 367 g/mol. The molecular weight excluding hydrogens is 338 g/mol. The molecule has 2 fully saturated rings. The maximum atomic E-state index is 5.49. The first-order chi connectivity index (χ1) is 13.2. The molecule has 1 atom stereocenters. The number of pyridine rings is 1. The third-order valence-electron chi connectivity index (χ3n) is 5.70. The second kappa shape index (κ2) is 8.31. The minimum Gasteiger partial charge on any atom is -0.379 e. The molecule has 0 amide bonds. The summed E-state index contributed by atoms with van der Waals surface area (Å²) in [5.41, 5.74) is 3.06. The Bertz CT molecular complexity index is 761. The molecule has 2 aromatic heterocycles. The lowest BCUT2D eigenvalue weighted by atomic mass is 9.96. The van der Waals surface area contributed by atoms with Crippen molar-refractivity contribution in [3.63, 3.8) is 0 Å². The molecule has 2 aliphatic rings. The van der Waals surface area contributed by atoms with Crippen LogP contribution >= 0.6 is 0 Å². The fraction of sp³-hybridized carbons (Fsp3) is 0.571. The van der Waals surface area contributed by atoms with Gasteiger partial charge < -0.3 is 9.64 Å². The van der Waals surface area contributed by atoms with E-state index in [1.165, 1.54) is 18.4 Å². The average Bonchev–Trinajstić information content (AvgIpc) is 2.71. The number of morpholine rings is 1. The molecule has 4 heterocycles. The SMILES string of the molecule is Cc1nc(-c2ccccn2)nc(N2CCCC(CN3CCOCC3)C2)c1C. The standard InChI is InChI=1S/C21H29N5O/c1-16-17(2)23-20(19-7-3-4-8-22-19)24-21(16)26-9-5-6-18(15-26)14-25-10-12-27-13-11-25/h3-4,7-8,18H,5-6,9-15H2,1-2H3. The molecule has 6 nitrogen and oxygen atoms in total. The van der Waals surface area contributed by atoms with Crippen LogP contribution < -0.4 is 4.90 Å². The van der Waals surface area contributed by atoms with Crippen LogP contribution in [0.1, 0.15) is 24.1 Å². The van der Waals surface area contributed by atoms with Gasteiger partial charge in [0.25, 0.3) is 0 Å². The molecule has 0 bridgehead atoms. The minimum atomic E-state index is 0.685. The molecule has 27 heavy (non-hydrogen) atoms. The lowest BCUT2D eigenvalue weighted by molar-refractivity contribution is 0.0296. The van der Waals surface area contributed by atoms with Gasteiger partial charge >= 0.3 is 0 Å². The van der Waals surface area contributed by atoms with Crippen molar-refractivity contribution in [2.75, 3.05) is 50.8 Å². The van der Waals surface area contributed by atoms with Gasteiger partial charge in [-0.25, -0.2) is 9.97 Å². The van der Waals surface area contributed by atoms with E-state index in [9.17, 15) is 0 Å². The normalized spacial score (nSPS) is 21.4. The van der Waals surface area contributed by atoms with E-state index in [1.807, 2.05) is 18.2 Å². The predicted octanol–water partition coefficient (Wildman–Crippen LogP) is 2.70. The number of anilines is 1. The highest BCUT2D eigenvalue weighted by Crippen LogP contribution is 2.28. The van der Waals surface area contributed by atoms with Gasteiger partial charge in [0, 0.05) is 50.2 Å². The van der Waals surface area contributed by atoms with Crippen molar-refractivity contribution in [3.05, 3.63) is 35.7 Å². The molecule has 0 aliphatic carbocycles. The van der Waals surface area contributed by atoms with Crippen LogP contribution in [0.5, 0.6) is 0 Å².